The summed E-state index contributed by atoms with van der Waals surface area (Å²) in [6, 6.07) is 0. The van der Waals surface area contributed by atoms with Crippen LogP contribution in [0.1, 0.15) is 57.7 Å². The molecule has 1 fully saturated rings. The van der Waals surface area contributed by atoms with Gasteiger partial charge in [-0.3, -0.25) is 4.68 Å². The Hall–Kier alpha value is -0.540. The Morgan fingerprint density at radius 1 is 1.50 bits per heavy atom. The first kappa shape index (κ1) is 13.9. The average molecular weight is 271 g/mol. The summed E-state index contributed by atoms with van der Waals surface area (Å²) in [4.78, 5) is 0. The molecule has 4 heteroatoms. The van der Waals surface area contributed by atoms with Crippen molar-refractivity contribution >= 4 is 11.6 Å². The summed E-state index contributed by atoms with van der Waals surface area (Å²) in [5.41, 5.74) is 0.820. The highest BCUT2D eigenvalue weighted by molar-refractivity contribution is 6.31. The lowest BCUT2D eigenvalue weighted by Gasteiger charge is -2.20. The van der Waals surface area contributed by atoms with Crippen LogP contribution in [-0.4, -0.2) is 14.9 Å². The zero-order valence-corrected chi connectivity index (χ0v) is 12.0. The molecule has 1 aromatic heterocycles. The van der Waals surface area contributed by atoms with E-state index in [0.29, 0.717) is 10.9 Å². The number of hydrogen-bond acceptors (Lipinski definition) is 2. The SMILES string of the molecule is CCCn1ncc(Cl)c1C(O)C1CCC(CC)C1. The number of aliphatic hydroxyl groups excluding tert-OH is 1. The van der Waals surface area contributed by atoms with Gasteiger partial charge >= 0.3 is 0 Å². The molecule has 0 aliphatic heterocycles. The molecule has 0 spiro atoms. The van der Waals surface area contributed by atoms with Crippen LogP contribution in [0.3, 0.4) is 0 Å². The van der Waals surface area contributed by atoms with E-state index in [4.69, 9.17) is 11.6 Å². The van der Waals surface area contributed by atoms with Crippen molar-refractivity contribution in [1.29, 1.82) is 0 Å². The third kappa shape index (κ3) is 2.72. The van der Waals surface area contributed by atoms with E-state index in [9.17, 15) is 5.11 Å². The van der Waals surface area contributed by atoms with Gasteiger partial charge in [0, 0.05) is 6.54 Å². The van der Waals surface area contributed by atoms with Crippen LogP contribution in [0.2, 0.25) is 5.02 Å². The van der Waals surface area contributed by atoms with Crippen molar-refractivity contribution < 1.29 is 5.11 Å². The molecule has 102 valence electrons. The second-order valence-corrected chi connectivity index (χ2v) is 5.80. The smallest absolute Gasteiger partial charge is 0.0999 e. The minimum absolute atomic E-state index is 0.347. The Kier molecular flexibility index (Phi) is 4.68. The summed E-state index contributed by atoms with van der Waals surface area (Å²) in [6.07, 6.45) is 6.87. The molecule has 1 N–H and O–H groups in total. The number of nitrogens with zero attached hydrogens (tertiary/aromatic N) is 2. The molecular weight excluding hydrogens is 248 g/mol. The summed E-state index contributed by atoms with van der Waals surface area (Å²) >= 11 is 6.18. The molecule has 0 radical (unpaired) electrons. The fraction of sp³-hybridized carbons (Fsp3) is 0.786. The third-order valence-electron chi connectivity index (χ3n) is 4.15. The first-order valence-corrected chi connectivity index (χ1v) is 7.44. The van der Waals surface area contributed by atoms with E-state index in [1.54, 1.807) is 6.20 Å². The van der Waals surface area contributed by atoms with E-state index in [0.717, 1.165) is 37.4 Å². The second kappa shape index (κ2) is 6.07. The molecule has 3 unspecified atom stereocenters. The van der Waals surface area contributed by atoms with Gasteiger partial charge in [-0.25, -0.2) is 0 Å². The molecule has 1 aromatic rings. The zero-order valence-electron chi connectivity index (χ0n) is 11.3. The molecule has 0 saturated heterocycles. The second-order valence-electron chi connectivity index (χ2n) is 5.39. The van der Waals surface area contributed by atoms with Crippen LogP contribution in [0.25, 0.3) is 0 Å². The van der Waals surface area contributed by atoms with Crippen LogP contribution in [0.4, 0.5) is 0 Å². The van der Waals surface area contributed by atoms with E-state index in [1.165, 1.54) is 12.8 Å². The van der Waals surface area contributed by atoms with Crippen molar-refractivity contribution in [3.05, 3.63) is 16.9 Å². The van der Waals surface area contributed by atoms with Crippen molar-refractivity contribution in [2.45, 2.75) is 58.6 Å². The molecule has 2 rings (SSSR count). The number of aromatic nitrogens is 2. The van der Waals surface area contributed by atoms with E-state index in [-0.39, 0.29) is 0 Å². The lowest BCUT2D eigenvalue weighted by molar-refractivity contribution is 0.0995. The minimum Gasteiger partial charge on any atom is -0.386 e. The van der Waals surface area contributed by atoms with Gasteiger partial charge in [-0.2, -0.15) is 5.10 Å². The fourth-order valence-electron chi connectivity index (χ4n) is 3.05. The summed E-state index contributed by atoms with van der Waals surface area (Å²) < 4.78 is 1.87. The van der Waals surface area contributed by atoms with Gasteiger partial charge in [0.15, 0.2) is 0 Å². The zero-order chi connectivity index (χ0) is 13.1. The van der Waals surface area contributed by atoms with Crippen LogP contribution in [0.5, 0.6) is 0 Å². The molecule has 3 nitrogen and oxygen atoms in total. The third-order valence-corrected chi connectivity index (χ3v) is 4.45. The fourth-order valence-corrected chi connectivity index (χ4v) is 3.30. The van der Waals surface area contributed by atoms with Crippen molar-refractivity contribution in [2.24, 2.45) is 11.8 Å². The monoisotopic (exact) mass is 270 g/mol. The number of rotatable bonds is 5. The minimum atomic E-state index is -0.455. The van der Waals surface area contributed by atoms with Gasteiger partial charge < -0.3 is 5.11 Å². The van der Waals surface area contributed by atoms with E-state index in [2.05, 4.69) is 18.9 Å². The van der Waals surface area contributed by atoms with Gasteiger partial charge in [0.25, 0.3) is 0 Å². The maximum atomic E-state index is 10.6. The van der Waals surface area contributed by atoms with Crippen molar-refractivity contribution in [2.75, 3.05) is 0 Å². The van der Waals surface area contributed by atoms with Crippen LogP contribution >= 0.6 is 11.6 Å². The lowest BCUT2D eigenvalue weighted by Crippen LogP contribution is -2.16. The maximum Gasteiger partial charge on any atom is 0.0999 e. The Balaban J connectivity index is 2.13. The van der Waals surface area contributed by atoms with Crippen molar-refractivity contribution in [3.8, 4) is 0 Å². The Morgan fingerprint density at radius 3 is 2.89 bits per heavy atom. The Bertz CT molecular complexity index is 391. The standard InChI is InChI=1S/C14H23ClN2O/c1-3-7-17-13(12(15)9-16-17)14(18)11-6-5-10(4-2)8-11/h9-11,14,18H,3-8H2,1-2H3. The highest BCUT2D eigenvalue weighted by Gasteiger charge is 2.32. The summed E-state index contributed by atoms with van der Waals surface area (Å²) in [6.45, 7) is 5.16. The topological polar surface area (TPSA) is 38.0 Å². The quantitative estimate of drug-likeness (QED) is 0.884. The van der Waals surface area contributed by atoms with E-state index in [1.807, 2.05) is 4.68 Å². The molecule has 18 heavy (non-hydrogen) atoms. The van der Waals surface area contributed by atoms with Gasteiger partial charge in [0.1, 0.15) is 0 Å². The highest BCUT2D eigenvalue weighted by Crippen LogP contribution is 2.41. The summed E-state index contributed by atoms with van der Waals surface area (Å²) in [5, 5.41) is 15.4. The van der Waals surface area contributed by atoms with Gasteiger partial charge in [-0.05, 0) is 31.1 Å². The van der Waals surface area contributed by atoms with E-state index >= 15 is 0 Å². The van der Waals surface area contributed by atoms with Crippen LogP contribution in [0, 0.1) is 11.8 Å². The predicted molar refractivity (Wildman–Crippen MR) is 73.6 cm³/mol. The molecule has 0 amide bonds. The van der Waals surface area contributed by atoms with Crippen molar-refractivity contribution in [3.63, 3.8) is 0 Å². The predicted octanol–water partition coefficient (Wildman–Crippen LogP) is 3.81. The molecular formula is C14H23ClN2O. The van der Waals surface area contributed by atoms with Gasteiger partial charge in [0.2, 0.25) is 0 Å². The van der Waals surface area contributed by atoms with Gasteiger partial charge in [-0.15, -0.1) is 0 Å². The molecule has 1 heterocycles. The molecule has 1 aliphatic carbocycles. The molecule has 3 atom stereocenters. The molecule has 0 aromatic carbocycles. The number of halogens is 1. The lowest BCUT2D eigenvalue weighted by atomic mass is 9.96. The van der Waals surface area contributed by atoms with E-state index < -0.39 is 6.10 Å². The van der Waals surface area contributed by atoms with Crippen molar-refractivity contribution in [1.82, 2.24) is 9.78 Å². The largest absolute Gasteiger partial charge is 0.386 e. The van der Waals surface area contributed by atoms with Crippen LogP contribution in [-0.2, 0) is 6.54 Å². The van der Waals surface area contributed by atoms with Crippen LogP contribution in [0.15, 0.2) is 6.20 Å². The van der Waals surface area contributed by atoms with Gasteiger partial charge in [-0.1, -0.05) is 38.3 Å². The normalized spacial score (nSPS) is 25.6. The number of hydrogen-bond donors (Lipinski definition) is 1. The first-order chi connectivity index (χ1) is 8.67. The first-order valence-electron chi connectivity index (χ1n) is 7.06. The highest BCUT2D eigenvalue weighted by atomic mass is 35.5. The molecule has 1 aliphatic rings. The molecule has 1 saturated carbocycles. The number of aryl methyl sites for hydroxylation is 1. The maximum absolute atomic E-state index is 10.6. The summed E-state index contributed by atoms with van der Waals surface area (Å²) in [7, 11) is 0. The number of aliphatic hydroxyl groups is 1. The van der Waals surface area contributed by atoms with Crippen LogP contribution < -0.4 is 0 Å². The summed E-state index contributed by atoms with van der Waals surface area (Å²) in [5.74, 6) is 1.12. The van der Waals surface area contributed by atoms with Gasteiger partial charge in [0.05, 0.1) is 23.0 Å². The Morgan fingerprint density at radius 2 is 2.28 bits per heavy atom. The Labute approximate surface area is 114 Å². The average Bonchev–Trinajstić information content (AvgIpc) is 2.96. The molecule has 0 bridgehead atoms.